The number of fused-ring (bicyclic) bond motifs is 1. The van der Waals surface area contributed by atoms with Crippen molar-refractivity contribution >= 4 is 40.0 Å². The predicted molar refractivity (Wildman–Crippen MR) is 107 cm³/mol. The third kappa shape index (κ3) is 4.76. The summed E-state index contributed by atoms with van der Waals surface area (Å²) in [6.07, 6.45) is 2.89. The van der Waals surface area contributed by atoms with Gasteiger partial charge in [-0.3, -0.25) is 4.99 Å². The van der Waals surface area contributed by atoms with Crippen molar-refractivity contribution in [3.8, 4) is 0 Å². The number of thiazole rings is 1. The first kappa shape index (κ1) is 17.8. The molecule has 2 heterocycles. The maximum absolute atomic E-state index is 5.92. The Morgan fingerprint density at radius 1 is 1.32 bits per heavy atom. The van der Waals surface area contributed by atoms with Gasteiger partial charge in [-0.1, -0.05) is 30.0 Å². The molecule has 0 fully saturated rings. The summed E-state index contributed by atoms with van der Waals surface area (Å²) in [7, 11) is 1.78. The van der Waals surface area contributed by atoms with Gasteiger partial charge in [-0.15, -0.1) is 11.3 Å². The Hall–Kier alpha value is -1.99. The second kappa shape index (κ2) is 8.92. The van der Waals surface area contributed by atoms with Gasteiger partial charge in [0.1, 0.15) is 15.7 Å². The first-order valence-corrected chi connectivity index (χ1v) is 10.1. The van der Waals surface area contributed by atoms with Crippen molar-refractivity contribution in [1.82, 2.24) is 15.6 Å². The van der Waals surface area contributed by atoms with Crippen LogP contribution in [0.2, 0.25) is 0 Å². The second-order valence-electron chi connectivity index (χ2n) is 5.50. The van der Waals surface area contributed by atoms with Gasteiger partial charge in [-0.25, -0.2) is 4.98 Å². The van der Waals surface area contributed by atoms with E-state index in [4.69, 9.17) is 4.42 Å². The summed E-state index contributed by atoms with van der Waals surface area (Å²) in [5.41, 5.74) is 2.11. The number of aromatic nitrogens is 1. The van der Waals surface area contributed by atoms with Crippen molar-refractivity contribution in [1.29, 1.82) is 0 Å². The van der Waals surface area contributed by atoms with Crippen molar-refractivity contribution in [3.05, 3.63) is 47.2 Å². The molecule has 0 radical (unpaired) electrons. The quantitative estimate of drug-likeness (QED) is 0.283. The van der Waals surface area contributed by atoms with Gasteiger partial charge >= 0.3 is 0 Å². The number of nitrogens with zero attached hydrogens (tertiary/aromatic N) is 2. The van der Waals surface area contributed by atoms with Gasteiger partial charge in [0, 0.05) is 41.9 Å². The van der Waals surface area contributed by atoms with E-state index in [1.807, 2.05) is 29.8 Å². The van der Waals surface area contributed by atoms with E-state index >= 15 is 0 Å². The molecule has 5 nitrogen and oxygen atoms in total. The molecule has 7 heteroatoms. The van der Waals surface area contributed by atoms with E-state index in [1.165, 1.54) is 10.9 Å². The number of aliphatic imine (C=N–C) groups is 1. The van der Waals surface area contributed by atoms with Crippen molar-refractivity contribution in [2.75, 3.05) is 19.3 Å². The van der Waals surface area contributed by atoms with Crippen LogP contribution >= 0.6 is 23.1 Å². The fraction of sp³-hybridized carbons (Fsp3) is 0.333. The number of hydrogen-bond acceptors (Lipinski definition) is 5. The van der Waals surface area contributed by atoms with Gasteiger partial charge in [-0.2, -0.15) is 0 Å². The first-order valence-electron chi connectivity index (χ1n) is 8.21. The van der Waals surface area contributed by atoms with E-state index in [1.54, 1.807) is 30.1 Å². The van der Waals surface area contributed by atoms with Crippen LogP contribution in [0.4, 0.5) is 0 Å². The van der Waals surface area contributed by atoms with E-state index in [-0.39, 0.29) is 0 Å². The lowest BCUT2D eigenvalue weighted by Gasteiger charge is -2.11. The summed E-state index contributed by atoms with van der Waals surface area (Å²) in [6.45, 7) is 3.58. The zero-order valence-corrected chi connectivity index (χ0v) is 16.0. The monoisotopic (exact) mass is 374 g/mol. The summed E-state index contributed by atoms with van der Waals surface area (Å²) in [6, 6.07) is 8.11. The molecule has 3 aromatic rings. The molecule has 0 aliphatic carbocycles. The molecular weight excluding hydrogens is 352 g/mol. The van der Waals surface area contributed by atoms with Crippen LogP contribution in [-0.2, 0) is 6.54 Å². The Balaban J connectivity index is 1.43. The zero-order chi connectivity index (χ0) is 17.5. The van der Waals surface area contributed by atoms with Crippen LogP contribution in [0.15, 0.2) is 49.6 Å². The van der Waals surface area contributed by atoms with Gasteiger partial charge in [0.2, 0.25) is 0 Å². The highest BCUT2D eigenvalue weighted by molar-refractivity contribution is 8.00. The average Bonchev–Trinajstić information content (AvgIpc) is 3.26. The van der Waals surface area contributed by atoms with Crippen LogP contribution in [0.3, 0.4) is 0 Å². The van der Waals surface area contributed by atoms with Crippen molar-refractivity contribution in [2.24, 2.45) is 4.99 Å². The lowest BCUT2D eigenvalue weighted by molar-refractivity contribution is 0.534. The van der Waals surface area contributed by atoms with E-state index in [0.717, 1.165) is 40.4 Å². The average molecular weight is 375 g/mol. The molecule has 0 saturated carbocycles. The lowest BCUT2D eigenvalue weighted by atomic mass is 10.1. The Bertz CT molecular complexity index is 827. The number of thioether (sulfide) groups is 1. The van der Waals surface area contributed by atoms with E-state index in [0.29, 0.717) is 6.54 Å². The highest BCUT2D eigenvalue weighted by Crippen LogP contribution is 2.24. The van der Waals surface area contributed by atoms with Crippen LogP contribution in [0, 0.1) is 6.92 Å². The number of guanidine groups is 1. The van der Waals surface area contributed by atoms with E-state index in [9.17, 15) is 0 Å². The molecule has 0 aliphatic rings. The van der Waals surface area contributed by atoms with Crippen LogP contribution in [-0.4, -0.2) is 30.3 Å². The fourth-order valence-electron chi connectivity index (χ4n) is 2.50. The van der Waals surface area contributed by atoms with Gasteiger partial charge in [-0.05, 0) is 19.4 Å². The molecule has 2 N–H and O–H groups in total. The minimum Gasteiger partial charge on any atom is -0.459 e. The summed E-state index contributed by atoms with van der Waals surface area (Å²) < 4.78 is 7.05. The molecule has 0 atom stereocenters. The number of aryl methyl sites for hydroxylation is 1. The van der Waals surface area contributed by atoms with Crippen molar-refractivity contribution < 1.29 is 4.42 Å². The molecule has 2 aromatic heterocycles. The smallest absolute Gasteiger partial charge is 0.191 e. The highest BCUT2D eigenvalue weighted by Gasteiger charge is 2.10. The third-order valence-electron chi connectivity index (χ3n) is 3.83. The Morgan fingerprint density at radius 2 is 2.20 bits per heavy atom. The molecule has 0 spiro atoms. The molecular formula is C18H22N4OS2. The molecule has 0 unspecified atom stereocenters. The molecule has 25 heavy (non-hydrogen) atoms. The normalized spacial score (nSPS) is 11.8. The number of furan rings is 1. The molecule has 0 aliphatic heterocycles. The maximum Gasteiger partial charge on any atom is 0.191 e. The summed E-state index contributed by atoms with van der Waals surface area (Å²) >= 11 is 3.48. The molecule has 132 valence electrons. The van der Waals surface area contributed by atoms with Gasteiger partial charge in [0.25, 0.3) is 0 Å². The van der Waals surface area contributed by atoms with Crippen LogP contribution in [0.5, 0.6) is 0 Å². The largest absolute Gasteiger partial charge is 0.459 e. The first-order chi connectivity index (χ1) is 12.3. The SMILES string of the molecule is CN=C(NCCCSc1nccs1)NCc1oc2ccccc2c1C. The fourth-order valence-corrected chi connectivity index (χ4v) is 4.15. The topological polar surface area (TPSA) is 62.5 Å². The van der Waals surface area contributed by atoms with Gasteiger partial charge < -0.3 is 15.1 Å². The minimum absolute atomic E-state index is 0.619. The predicted octanol–water partition coefficient (Wildman–Crippen LogP) is 4.05. The Kier molecular flexibility index (Phi) is 6.36. The molecule has 0 saturated heterocycles. The summed E-state index contributed by atoms with van der Waals surface area (Å²) in [5, 5.41) is 9.83. The third-order valence-corrected chi connectivity index (χ3v) is 5.88. The highest BCUT2D eigenvalue weighted by atomic mass is 32.2. The molecule has 0 amide bonds. The Morgan fingerprint density at radius 3 is 2.96 bits per heavy atom. The van der Waals surface area contributed by atoms with E-state index < -0.39 is 0 Å². The van der Waals surface area contributed by atoms with Crippen LogP contribution in [0.25, 0.3) is 11.0 Å². The van der Waals surface area contributed by atoms with Crippen LogP contribution in [0.1, 0.15) is 17.7 Å². The Labute approximate surface area is 155 Å². The molecule has 0 bridgehead atoms. The number of rotatable bonds is 7. The lowest BCUT2D eigenvalue weighted by Crippen LogP contribution is -2.37. The van der Waals surface area contributed by atoms with E-state index in [2.05, 4.69) is 33.6 Å². The number of benzene rings is 1. The molecule has 3 rings (SSSR count). The summed E-state index contributed by atoms with van der Waals surface area (Å²) in [4.78, 5) is 8.54. The maximum atomic E-state index is 5.92. The number of para-hydroxylation sites is 1. The zero-order valence-electron chi connectivity index (χ0n) is 14.4. The van der Waals surface area contributed by atoms with Crippen LogP contribution < -0.4 is 10.6 Å². The summed E-state index contributed by atoms with van der Waals surface area (Å²) in [5.74, 6) is 2.78. The van der Waals surface area contributed by atoms with Gasteiger partial charge in [0.15, 0.2) is 5.96 Å². The van der Waals surface area contributed by atoms with Gasteiger partial charge in [0.05, 0.1) is 6.54 Å². The standard InChI is InChI=1S/C18H22N4OS2/c1-13-14-6-3-4-7-15(14)23-16(13)12-22-17(19-2)20-8-5-10-24-18-21-9-11-25-18/h3-4,6-7,9,11H,5,8,10,12H2,1-2H3,(H2,19,20,22). The number of nitrogens with one attached hydrogen (secondary N) is 2. The number of hydrogen-bond donors (Lipinski definition) is 2. The van der Waals surface area contributed by atoms with Crippen molar-refractivity contribution in [3.63, 3.8) is 0 Å². The molecule has 1 aromatic carbocycles. The minimum atomic E-state index is 0.619. The second-order valence-corrected chi connectivity index (χ2v) is 7.74. The van der Waals surface area contributed by atoms with Crippen molar-refractivity contribution in [2.45, 2.75) is 24.2 Å².